The number of hydrogen-bond donors (Lipinski definition) is 1. The third-order valence-electron chi connectivity index (χ3n) is 1.37. The van der Waals surface area contributed by atoms with Gasteiger partial charge in [0.15, 0.2) is 5.69 Å². The minimum absolute atomic E-state index is 0.0567. The Balaban J connectivity index is 2.52. The molecule has 0 aliphatic carbocycles. The number of rotatable bonds is 2. The van der Waals surface area contributed by atoms with Gasteiger partial charge < -0.3 is 9.63 Å². The van der Waals surface area contributed by atoms with E-state index in [0.717, 1.165) is 0 Å². The minimum Gasteiger partial charge on any atom is -0.476 e. The number of aromatic carboxylic acids is 1. The van der Waals surface area contributed by atoms with E-state index >= 15 is 0 Å². The highest BCUT2D eigenvalue weighted by Gasteiger charge is 2.20. The summed E-state index contributed by atoms with van der Waals surface area (Å²) < 4.78 is 8.79. The van der Waals surface area contributed by atoms with E-state index in [1.54, 1.807) is 0 Å². The van der Waals surface area contributed by atoms with Gasteiger partial charge in [-0.15, -0.1) is 0 Å². The first-order chi connectivity index (χ1) is 6.29. The summed E-state index contributed by atoms with van der Waals surface area (Å²) in [5, 5.41) is 18.7. The smallest absolute Gasteiger partial charge is 0.360 e. The molecule has 0 radical (unpaired) electrons. The third kappa shape index (κ3) is 1.15. The quantitative estimate of drug-likeness (QED) is 0.716. The fraction of sp³-hybridized carbons (Fsp3) is 0. The summed E-state index contributed by atoms with van der Waals surface area (Å²) >= 11 is 0. The van der Waals surface area contributed by atoms with E-state index in [2.05, 4.69) is 24.6 Å². The molecule has 1 N–H and O–H groups in total. The van der Waals surface area contributed by atoms with Crippen molar-refractivity contribution in [1.29, 1.82) is 0 Å². The van der Waals surface area contributed by atoms with Crippen molar-refractivity contribution >= 4 is 5.97 Å². The highest BCUT2D eigenvalue weighted by molar-refractivity contribution is 5.91. The van der Waals surface area contributed by atoms with Crippen LogP contribution in [0, 0.1) is 0 Å². The fourth-order valence-electron chi connectivity index (χ4n) is 0.832. The second kappa shape index (κ2) is 2.70. The molecule has 2 aromatic rings. The second-order valence-electron chi connectivity index (χ2n) is 2.15. The highest BCUT2D eigenvalue weighted by atomic mass is 16.6. The van der Waals surface area contributed by atoms with Crippen LogP contribution >= 0.6 is 0 Å². The molecule has 2 aromatic heterocycles. The van der Waals surface area contributed by atoms with Gasteiger partial charge in [0.2, 0.25) is 5.69 Å². The molecule has 0 amide bonds. The van der Waals surface area contributed by atoms with Gasteiger partial charge in [0, 0.05) is 6.07 Å². The molecule has 7 heteroatoms. The van der Waals surface area contributed by atoms with Crippen LogP contribution in [0.3, 0.4) is 0 Å². The van der Waals surface area contributed by atoms with E-state index in [9.17, 15) is 4.79 Å². The predicted molar refractivity (Wildman–Crippen MR) is 36.8 cm³/mol. The van der Waals surface area contributed by atoms with Crippen molar-refractivity contribution in [1.82, 2.24) is 15.5 Å². The largest absolute Gasteiger partial charge is 0.476 e. The highest BCUT2D eigenvalue weighted by Crippen LogP contribution is 2.17. The summed E-state index contributed by atoms with van der Waals surface area (Å²) in [4.78, 5) is 10.6. The van der Waals surface area contributed by atoms with Gasteiger partial charge in [-0.05, 0) is 10.3 Å². The van der Waals surface area contributed by atoms with Crippen molar-refractivity contribution in [3.05, 3.63) is 18.0 Å². The Kier molecular flexibility index (Phi) is 1.55. The molecule has 2 heterocycles. The van der Waals surface area contributed by atoms with Gasteiger partial charge in [0.1, 0.15) is 12.0 Å². The molecule has 0 aliphatic rings. The summed E-state index contributed by atoms with van der Waals surface area (Å²) in [6, 6.07) is 1.46. The van der Waals surface area contributed by atoms with Gasteiger partial charge >= 0.3 is 5.97 Å². The van der Waals surface area contributed by atoms with Crippen LogP contribution < -0.4 is 0 Å². The SMILES string of the molecule is O=C(O)c1nonc1-c1ccon1. The molecule has 0 bridgehead atoms. The molecule has 0 atom stereocenters. The van der Waals surface area contributed by atoms with Crippen LogP contribution in [0.2, 0.25) is 0 Å². The molecule has 0 aliphatic heterocycles. The average molecular weight is 181 g/mol. The normalized spacial score (nSPS) is 10.2. The summed E-state index contributed by atoms with van der Waals surface area (Å²) in [6.07, 6.45) is 1.30. The molecule has 0 fully saturated rings. The van der Waals surface area contributed by atoms with Crippen LogP contribution in [0.4, 0.5) is 0 Å². The molecule has 0 aromatic carbocycles. The summed E-state index contributed by atoms with van der Waals surface area (Å²) in [7, 11) is 0. The molecule has 2 rings (SSSR count). The van der Waals surface area contributed by atoms with Crippen molar-refractivity contribution in [3.8, 4) is 11.4 Å². The van der Waals surface area contributed by atoms with Gasteiger partial charge in [-0.1, -0.05) is 5.16 Å². The molecule has 0 saturated carbocycles. The van der Waals surface area contributed by atoms with E-state index in [1.165, 1.54) is 12.3 Å². The Hall–Kier alpha value is -2.18. The maximum atomic E-state index is 10.6. The molecule has 0 unspecified atom stereocenters. The van der Waals surface area contributed by atoms with E-state index in [4.69, 9.17) is 5.11 Å². The molecule has 0 spiro atoms. The average Bonchev–Trinajstić information content (AvgIpc) is 2.74. The van der Waals surface area contributed by atoms with Gasteiger partial charge in [0.05, 0.1) is 0 Å². The molecule has 13 heavy (non-hydrogen) atoms. The summed E-state index contributed by atoms with van der Waals surface area (Å²) in [6.45, 7) is 0. The Morgan fingerprint density at radius 2 is 2.23 bits per heavy atom. The first-order valence-corrected chi connectivity index (χ1v) is 3.25. The van der Waals surface area contributed by atoms with E-state index in [1.807, 2.05) is 0 Å². The number of nitrogens with zero attached hydrogens (tertiary/aromatic N) is 3. The van der Waals surface area contributed by atoms with Crippen LogP contribution in [0.5, 0.6) is 0 Å². The van der Waals surface area contributed by atoms with Gasteiger partial charge in [0.25, 0.3) is 0 Å². The van der Waals surface area contributed by atoms with Crippen molar-refractivity contribution < 1.29 is 19.1 Å². The molecule has 7 nitrogen and oxygen atoms in total. The lowest BCUT2D eigenvalue weighted by atomic mass is 10.2. The first-order valence-electron chi connectivity index (χ1n) is 3.25. The maximum Gasteiger partial charge on any atom is 0.360 e. The lowest BCUT2D eigenvalue weighted by Crippen LogP contribution is -1.98. The molecule has 66 valence electrons. The molecule has 0 saturated heterocycles. The Morgan fingerprint density at radius 1 is 1.38 bits per heavy atom. The van der Waals surface area contributed by atoms with Gasteiger partial charge in [-0.25, -0.2) is 9.42 Å². The number of carboxylic acids is 1. The van der Waals surface area contributed by atoms with Gasteiger partial charge in [-0.2, -0.15) is 0 Å². The van der Waals surface area contributed by atoms with Crippen molar-refractivity contribution in [3.63, 3.8) is 0 Å². The van der Waals surface area contributed by atoms with Crippen LogP contribution in [-0.4, -0.2) is 26.5 Å². The van der Waals surface area contributed by atoms with E-state index < -0.39 is 5.97 Å². The number of carbonyl (C=O) groups is 1. The van der Waals surface area contributed by atoms with Crippen molar-refractivity contribution in [2.75, 3.05) is 0 Å². The zero-order valence-electron chi connectivity index (χ0n) is 6.17. The van der Waals surface area contributed by atoms with Gasteiger partial charge in [-0.3, -0.25) is 0 Å². The van der Waals surface area contributed by atoms with Crippen molar-refractivity contribution in [2.24, 2.45) is 0 Å². The first kappa shape index (κ1) is 7.47. The summed E-state index contributed by atoms with van der Waals surface area (Å²) in [5.41, 5.74) is 0.0498. The zero-order chi connectivity index (χ0) is 9.26. The topological polar surface area (TPSA) is 102 Å². The summed E-state index contributed by atoms with van der Waals surface area (Å²) in [5.74, 6) is -1.22. The minimum atomic E-state index is -1.22. The number of carboxylic acid groups (broad SMARTS) is 1. The van der Waals surface area contributed by atoms with Crippen LogP contribution in [0.25, 0.3) is 11.4 Å². The Labute approximate surface area is 70.9 Å². The lowest BCUT2D eigenvalue weighted by Gasteiger charge is -1.85. The Morgan fingerprint density at radius 3 is 2.85 bits per heavy atom. The van der Waals surface area contributed by atoms with Crippen molar-refractivity contribution in [2.45, 2.75) is 0 Å². The van der Waals surface area contributed by atoms with Crippen LogP contribution in [0.1, 0.15) is 10.5 Å². The maximum absolute atomic E-state index is 10.6. The third-order valence-corrected chi connectivity index (χ3v) is 1.37. The predicted octanol–water partition coefficient (Wildman–Crippen LogP) is 0.423. The standard InChI is InChI=1S/C6H3N3O4/c10-6(11)5-4(8-13-9-5)3-1-2-12-7-3/h1-2H,(H,10,11). The fourth-order valence-corrected chi connectivity index (χ4v) is 0.832. The second-order valence-corrected chi connectivity index (χ2v) is 2.15. The molecular weight excluding hydrogens is 178 g/mol. The monoisotopic (exact) mass is 181 g/mol. The van der Waals surface area contributed by atoms with E-state index in [0.29, 0.717) is 0 Å². The number of hydrogen-bond acceptors (Lipinski definition) is 6. The lowest BCUT2D eigenvalue weighted by molar-refractivity contribution is 0.0685. The molecular formula is C6H3N3O4. The number of aromatic nitrogens is 3. The zero-order valence-corrected chi connectivity index (χ0v) is 6.17. The Bertz CT molecular complexity index is 419. The van der Waals surface area contributed by atoms with Crippen LogP contribution in [0.15, 0.2) is 21.5 Å². The van der Waals surface area contributed by atoms with E-state index in [-0.39, 0.29) is 17.1 Å². The van der Waals surface area contributed by atoms with Crippen LogP contribution in [-0.2, 0) is 0 Å².